The van der Waals surface area contributed by atoms with Crippen LogP contribution in [0, 0.1) is 11.8 Å². The topological polar surface area (TPSA) is 75.6 Å². The molecule has 0 saturated heterocycles. The number of hydrogen-bond donors (Lipinski definition) is 2. The lowest BCUT2D eigenvalue weighted by Gasteiger charge is -2.21. The molecular weight excluding hydrogens is 270 g/mol. The average Bonchev–Trinajstić information content (AvgIpc) is 3.17. The molecule has 21 heavy (non-hydrogen) atoms. The molecule has 2 atom stereocenters. The van der Waals surface area contributed by atoms with Gasteiger partial charge in [-0.05, 0) is 29.5 Å². The molecule has 5 nitrogen and oxygen atoms in total. The van der Waals surface area contributed by atoms with Crippen LogP contribution in [0.2, 0.25) is 0 Å². The molecule has 0 spiro atoms. The van der Waals surface area contributed by atoms with Crippen molar-refractivity contribution >= 4 is 17.6 Å². The van der Waals surface area contributed by atoms with Gasteiger partial charge >= 0.3 is 5.97 Å². The molecule has 114 valence electrons. The molecule has 1 fully saturated rings. The van der Waals surface area contributed by atoms with E-state index in [9.17, 15) is 9.59 Å². The van der Waals surface area contributed by atoms with Crippen LogP contribution in [-0.4, -0.2) is 24.1 Å². The zero-order valence-corrected chi connectivity index (χ0v) is 12.8. The molecule has 5 heteroatoms. The summed E-state index contributed by atoms with van der Waals surface area (Å²) < 4.78 is 5.26. The van der Waals surface area contributed by atoms with E-state index in [2.05, 4.69) is 26.1 Å². The maximum absolute atomic E-state index is 12.1. The highest BCUT2D eigenvalue weighted by atomic mass is 16.5. The minimum absolute atomic E-state index is 0.0467. The van der Waals surface area contributed by atoms with Gasteiger partial charge in [0.2, 0.25) is 5.91 Å². The Bertz CT molecular complexity index is 574. The monoisotopic (exact) mass is 291 g/mol. The number of rotatable bonds is 4. The molecule has 1 saturated carbocycles. The summed E-state index contributed by atoms with van der Waals surface area (Å²) in [6, 6.07) is 5.67. The number of methoxy groups -OCH3 is 1. The van der Waals surface area contributed by atoms with Gasteiger partial charge in [-0.3, -0.25) is 9.59 Å². The summed E-state index contributed by atoms with van der Waals surface area (Å²) in [5.41, 5.74) is 1.62. The lowest BCUT2D eigenvalue weighted by atomic mass is 9.87. The molecule has 1 aliphatic carbocycles. The van der Waals surface area contributed by atoms with Gasteiger partial charge < -0.3 is 15.2 Å². The van der Waals surface area contributed by atoms with Crippen LogP contribution in [0.4, 0.5) is 5.69 Å². The molecule has 0 aliphatic heterocycles. The van der Waals surface area contributed by atoms with Crippen molar-refractivity contribution in [2.45, 2.75) is 32.6 Å². The second kappa shape index (κ2) is 5.39. The number of hydrogen-bond acceptors (Lipinski definition) is 3. The third kappa shape index (κ3) is 3.35. The van der Waals surface area contributed by atoms with Gasteiger partial charge in [-0.1, -0.05) is 26.8 Å². The minimum atomic E-state index is -0.912. The molecule has 0 heterocycles. The summed E-state index contributed by atoms with van der Waals surface area (Å²) in [7, 11) is 1.54. The van der Waals surface area contributed by atoms with Crippen molar-refractivity contribution in [3.63, 3.8) is 0 Å². The summed E-state index contributed by atoms with van der Waals surface area (Å²) in [5, 5.41) is 11.7. The number of carbonyl (C=O) groups is 2. The molecule has 1 aromatic rings. The number of ether oxygens (including phenoxy) is 1. The Morgan fingerprint density at radius 1 is 1.29 bits per heavy atom. The number of carboxylic acid groups (broad SMARTS) is 1. The molecule has 0 aromatic heterocycles. The molecule has 1 amide bonds. The average molecular weight is 291 g/mol. The largest absolute Gasteiger partial charge is 0.495 e. The molecule has 2 N–H and O–H groups in total. The first-order valence-corrected chi connectivity index (χ1v) is 6.96. The molecule has 2 rings (SSSR count). The molecular formula is C16H21NO4. The first-order chi connectivity index (χ1) is 9.74. The van der Waals surface area contributed by atoms with Gasteiger partial charge in [-0.15, -0.1) is 0 Å². The van der Waals surface area contributed by atoms with Crippen molar-refractivity contribution in [3.05, 3.63) is 23.8 Å². The van der Waals surface area contributed by atoms with Crippen LogP contribution in [0.15, 0.2) is 18.2 Å². The van der Waals surface area contributed by atoms with Crippen LogP contribution >= 0.6 is 0 Å². The Morgan fingerprint density at radius 2 is 1.95 bits per heavy atom. The van der Waals surface area contributed by atoms with Crippen LogP contribution in [0.5, 0.6) is 5.75 Å². The van der Waals surface area contributed by atoms with Gasteiger partial charge in [-0.2, -0.15) is 0 Å². The highest BCUT2D eigenvalue weighted by Crippen LogP contribution is 2.40. The van der Waals surface area contributed by atoms with Crippen molar-refractivity contribution < 1.29 is 19.4 Å². The molecule has 0 unspecified atom stereocenters. The van der Waals surface area contributed by atoms with Gasteiger partial charge in [-0.25, -0.2) is 0 Å². The minimum Gasteiger partial charge on any atom is -0.495 e. The van der Waals surface area contributed by atoms with Gasteiger partial charge in [0.05, 0.1) is 24.6 Å². The van der Waals surface area contributed by atoms with Crippen molar-refractivity contribution in [1.82, 2.24) is 0 Å². The highest BCUT2D eigenvalue weighted by Gasteiger charge is 2.48. The third-order valence-corrected chi connectivity index (χ3v) is 3.77. The van der Waals surface area contributed by atoms with Crippen LogP contribution in [0.3, 0.4) is 0 Å². The van der Waals surface area contributed by atoms with Gasteiger partial charge in [0, 0.05) is 0 Å². The Labute approximate surface area is 124 Å². The predicted molar refractivity (Wildman–Crippen MR) is 79.6 cm³/mol. The third-order valence-electron chi connectivity index (χ3n) is 3.77. The van der Waals surface area contributed by atoms with E-state index in [1.165, 1.54) is 0 Å². The smallest absolute Gasteiger partial charge is 0.307 e. The molecule has 1 aromatic carbocycles. The number of aliphatic carboxylic acids is 1. The van der Waals surface area contributed by atoms with Crippen molar-refractivity contribution in [2.75, 3.05) is 12.4 Å². The number of nitrogens with one attached hydrogen (secondary N) is 1. The van der Waals surface area contributed by atoms with Gasteiger partial charge in [0.1, 0.15) is 5.75 Å². The second-order valence-electron chi connectivity index (χ2n) is 6.44. The lowest BCUT2D eigenvalue weighted by molar-refractivity contribution is -0.139. The Hall–Kier alpha value is -2.04. The Kier molecular flexibility index (Phi) is 3.94. The zero-order chi connectivity index (χ0) is 15.8. The van der Waals surface area contributed by atoms with E-state index in [0.29, 0.717) is 17.9 Å². The lowest BCUT2D eigenvalue weighted by Crippen LogP contribution is -2.18. The van der Waals surface area contributed by atoms with Gasteiger partial charge in [0.15, 0.2) is 0 Å². The van der Waals surface area contributed by atoms with Crippen LogP contribution in [0.25, 0.3) is 0 Å². The summed E-state index contributed by atoms with van der Waals surface area (Å²) in [6.07, 6.45) is 0.405. The van der Waals surface area contributed by atoms with E-state index in [0.717, 1.165) is 5.56 Å². The van der Waals surface area contributed by atoms with Crippen LogP contribution in [-0.2, 0) is 15.0 Å². The van der Waals surface area contributed by atoms with E-state index in [1.54, 1.807) is 7.11 Å². The fourth-order valence-electron chi connectivity index (χ4n) is 2.26. The fourth-order valence-corrected chi connectivity index (χ4v) is 2.26. The maximum atomic E-state index is 12.1. The summed E-state index contributed by atoms with van der Waals surface area (Å²) in [4.78, 5) is 22.9. The van der Waals surface area contributed by atoms with E-state index in [4.69, 9.17) is 9.84 Å². The van der Waals surface area contributed by atoms with Crippen LogP contribution < -0.4 is 10.1 Å². The Morgan fingerprint density at radius 3 is 2.43 bits per heavy atom. The second-order valence-corrected chi connectivity index (χ2v) is 6.44. The number of carboxylic acids is 1. The first kappa shape index (κ1) is 15.4. The van der Waals surface area contributed by atoms with E-state index in [-0.39, 0.29) is 11.3 Å². The van der Waals surface area contributed by atoms with E-state index in [1.807, 2.05) is 18.2 Å². The summed E-state index contributed by atoms with van der Waals surface area (Å²) in [6.45, 7) is 6.26. The van der Waals surface area contributed by atoms with Crippen LogP contribution in [0.1, 0.15) is 32.8 Å². The predicted octanol–water partition coefficient (Wildman–Crippen LogP) is 2.65. The summed E-state index contributed by atoms with van der Waals surface area (Å²) in [5.74, 6) is -1.59. The zero-order valence-electron chi connectivity index (χ0n) is 12.8. The quantitative estimate of drug-likeness (QED) is 0.894. The van der Waals surface area contributed by atoms with Crippen molar-refractivity contribution in [3.8, 4) is 5.75 Å². The molecule has 0 bridgehead atoms. The Balaban J connectivity index is 2.18. The van der Waals surface area contributed by atoms with Gasteiger partial charge in [0.25, 0.3) is 0 Å². The summed E-state index contributed by atoms with van der Waals surface area (Å²) >= 11 is 0. The molecule has 0 radical (unpaired) electrons. The van der Waals surface area contributed by atoms with Crippen molar-refractivity contribution in [2.24, 2.45) is 11.8 Å². The number of carbonyl (C=O) groups excluding carboxylic acids is 1. The first-order valence-electron chi connectivity index (χ1n) is 6.96. The fraction of sp³-hybridized carbons (Fsp3) is 0.500. The number of benzene rings is 1. The van der Waals surface area contributed by atoms with Crippen molar-refractivity contribution in [1.29, 1.82) is 0 Å². The number of anilines is 1. The highest BCUT2D eigenvalue weighted by molar-refractivity contribution is 5.99. The molecule has 1 aliphatic rings. The standard InChI is InChI=1S/C16H21NO4/c1-16(2,3)9-5-6-13(21-4)12(7-9)17-14(18)10-8-11(10)15(19)20/h5-7,10-11H,8H2,1-4H3,(H,17,18)(H,19,20)/t10-,11+/m1/s1. The normalized spacial score (nSPS) is 20.8. The number of amides is 1. The van der Waals surface area contributed by atoms with E-state index < -0.39 is 17.8 Å². The maximum Gasteiger partial charge on any atom is 0.307 e. The van der Waals surface area contributed by atoms with E-state index >= 15 is 0 Å². The SMILES string of the molecule is COc1ccc(C(C)(C)C)cc1NC(=O)[C@@H]1C[C@@H]1C(=O)O.